The summed E-state index contributed by atoms with van der Waals surface area (Å²) in [5.41, 5.74) is 7.48. The van der Waals surface area contributed by atoms with E-state index in [0.29, 0.717) is 5.92 Å². The van der Waals surface area contributed by atoms with Gasteiger partial charge in [0.2, 0.25) is 0 Å². The van der Waals surface area contributed by atoms with Gasteiger partial charge in [0.25, 0.3) is 0 Å². The summed E-state index contributed by atoms with van der Waals surface area (Å²) in [5, 5.41) is 0. The van der Waals surface area contributed by atoms with Gasteiger partial charge in [-0.2, -0.15) is 0 Å². The van der Waals surface area contributed by atoms with Crippen molar-refractivity contribution in [1.29, 1.82) is 0 Å². The van der Waals surface area contributed by atoms with Crippen molar-refractivity contribution in [3.8, 4) is 0 Å². The largest absolute Gasteiger partial charge is 0.330 e. The summed E-state index contributed by atoms with van der Waals surface area (Å²) in [4.78, 5) is 1.38. The van der Waals surface area contributed by atoms with Crippen LogP contribution in [-0.2, 0) is 0 Å². The van der Waals surface area contributed by atoms with Crippen LogP contribution in [0.3, 0.4) is 0 Å². The van der Waals surface area contributed by atoms with E-state index < -0.39 is 0 Å². The van der Waals surface area contributed by atoms with E-state index >= 15 is 0 Å². The molecule has 1 nitrogen and oxygen atoms in total. The van der Waals surface area contributed by atoms with Crippen LogP contribution in [0.2, 0.25) is 0 Å². The van der Waals surface area contributed by atoms with E-state index in [1.807, 2.05) is 11.8 Å². The number of benzene rings is 1. The van der Waals surface area contributed by atoms with E-state index in [2.05, 4.69) is 31.2 Å². The Bertz CT molecular complexity index is 341. The Morgan fingerprint density at radius 1 is 1.17 bits per heavy atom. The topological polar surface area (TPSA) is 26.0 Å². The first-order chi connectivity index (χ1) is 8.85. The number of hydrogen-bond acceptors (Lipinski definition) is 2. The van der Waals surface area contributed by atoms with Gasteiger partial charge in [-0.05, 0) is 54.7 Å². The molecule has 1 fully saturated rings. The fourth-order valence-electron chi connectivity index (χ4n) is 3.12. The third kappa shape index (κ3) is 3.52. The Kier molecular flexibility index (Phi) is 5.58. The van der Waals surface area contributed by atoms with Crippen LogP contribution in [0, 0.1) is 5.92 Å². The fraction of sp³-hybridized carbons (Fsp3) is 0.625. The van der Waals surface area contributed by atoms with Crippen LogP contribution in [0.15, 0.2) is 29.2 Å². The quantitative estimate of drug-likeness (QED) is 0.796. The summed E-state index contributed by atoms with van der Waals surface area (Å²) in [6.07, 6.45) is 6.94. The van der Waals surface area contributed by atoms with E-state index in [0.717, 1.165) is 18.2 Å². The maximum Gasteiger partial charge on any atom is 0.00720 e. The first-order valence-electron chi connectivity index (χ1n) is 7.28. The Hall–Kier alpha value is -0.470. The molecule has 1 saturated carbocycles. The summed E-state index contributed by atoms with van der Waals surface area (Å²) in [6.45, 7) is 2.99. The zero-order valence-corrected chi connectivity index (χ0v) is 12.2. The average molecular weight is 263 g/mol. The zero-order valence-electron chi connectivity index (χ0n) is 11.4. The van der Waals surface area contributed by atoms with Crippen LogP contribution in [0.25, 0.3) is 0 Å². The molecule has 1 aromatic carbocycles. The van der Waals surface area contributed by atoms with Crippen molar-refractivity contribution in [2.75, 3.05) is 12.3 Å². The van der Waals surface area contributed by atoms with Gasteiger partial charge in [0.05, 0.1) is 0 Å². The summed E-state index contributed by atoms with van der Waals surface area (Å²) in [5.74, 6) is 2.53. The molecule has 0 aliphatic heterocycles. The molecule has 1 unspecified atom stereocenters. The maximum atomic E-state index is 6.03. The number of hydrogen-bond donors (Lipinski definition) is 1. The van der Waals surface area contributed by atoms with E-state index in [1.54, 1.807) is 0 Å². The van der Waals surface area contributed by atoms with Crippen molar-refractivity contribution in [2.24, 2.45) is 11.7 Å². The molecular formula is C16H25NS. The van der Waals surface area contributed by atoms with Gasteiger partial charge in [0, 0.05) is 4.90 Å². The van der Waals surface area contributed by atoms with Crippen LogP contribution in [0.5, 0.6) is 0 Å². The number of rotatable bonds is 5. The number of thioether (sulfide) groups is 1. The van der Waals surface area contributed by atoms with E-state index in [1.165, 1.54) is 42.6 Å². The molecule has 1 aliphatic rings. The van der Waals surface area contributed by atoms with Crippen LogP contribution < -0.4 is 5.73 Å². The zero-order chi connectivity index (χ0) is 12.8. The molecule has 2 rings (SSSR count). The third-order valence-corrected chi connectivity index (χ3v) is 4.99. The second-order valence-electron chi connectivity index (χ2n) is 5.24. The van der Waals surface area contributed by atoms with Crippen molar-refractivity contribution >= 4 is 11.8 Å². The summed E-state index contributed by atoms with van der Waals surface area (Å²) in [7, 11) is 0. The highest BCUT2D eigenvalue weighted by Crippen LogP contribution is 2.35. The molecule has 2 heteroatoms. The lowest BCUT2D eigenvalue weighted by atomic mass is 9.77. The van der Waals surface area contributed by atoms with Crippen LogP contribution in [0.4, 0.5) is 0 Å². The third-order valence-electron chi connectivity index (χ3n) is 4.09. The lowest BCUT2D eigenvalue weighted by molar-refractivity contribution is 0.307. The average Bonchev–Trinajstić information content (AvgIpc) is 2.43. The molecule has 18 heavy (non-hydrogen) atoms. The SMILES string of the molecule is CCSc1ccc(C(CN)C2CCCCC2)cc1. The van der Waals surface area contributed by atoms with Crippen molar-refractivity contribution in [3.05, 3.63) is 29.8 Å². The summed E-state index contributed by atoms with van der Waals surface area (Å²) in [6, 6.07) is 9.11. The number of nitrogens with two attached hydrogens (primary N) is 1. The molecule has 0 aromatic heterocycles. The summed E-state index contributed by atoms with van der Waals surface area (Å²) >= 11 is 1.91. The molecule has 100 valence electrons. The summed E-state index contributed by atoms with van der Waals surface area (Å²) < 4.78 is 0. The van der Waals surface area contributed by atoms with Crippen molar-refractivity contribution < 1.29 is 0 Å². The minimum atomic E-state index is 0.575. The van der Waals surface area contributed by atoms with Gasteiger partial charge in [0.15, 0.2) is 0 Å². The van der Waals surface area contributed by atoms with Gasteiger partial charge < -0.3 is 5.73 Å². The standard InChI is InChI=1S/C16H25NS/c1-2-18-15-10-8-14(9-11-15)16(12-17)13-6-4-3-5-7-13/h8-11,13,16H,2-7,12,17H2,1H3. The van der Waals surface area contributed by atoms with Gasteiger partial charge in [0.1, 0.15) is 0 Å². The first kappa shape index (κ1) is 14.0. The van der Waals surface area contributed by atoms with Crippen LogP contribution in [-0.4, -0.2) is 12.3 Å². The van der Waals surface area contributed by atoms with Crippen molar-refractivity contribution in [2.45, 2.75) is 49.8 Å². The van der Waals surface area contributed by atoms with Crippen molar-refractivity contribution in [3.63, 3.8) is 0 Å². The van der Waals surface area contributed by atoms with Crippen LogP contribution >= 0.6 is 11.8 Å². The van der Waals surface area contributed by atoms with Gasteiger partial charge in [-0.15, -0.1) is 11.8 Å². The lowest BCUT2D eigenvalue weighted by Gasteiger charge is -2.29. The predicted molar refractivity (Wildman–Crippen MR) is 81.2 cm³/mol. The highest BCUT2D eigenvalue weighted by atomic mass is 32.2. The molecule has 0 spiro atoms. The molecule has 1 atom stereocenters. The monoisotopic (exact) mass is 263 g/mol. The molecule has 2 N–H and O–H groups in total. The molecule has 0 amide bonds. The van der Waals surface area contributed by atoms with Crippen LogP contribution in [0.1, 0.15) is 50.5 Å². The van der Waals surface area contributed by atoms with Gasteiger partial charge in [-0.3, -0.25) is 0 Å². The Morgan fingerprint density at radius 2 is 1.83 bits per heavy atom. The molecule has 0 bridgehead atoms. The highest BCUT2D eigenvalue weighted by molar-refractivity contribution is 7.99. The second-order valence-corrected chi connectivity index (χ2v) is 6.58. The lowest BCUT2D eigenvalue weighted by Crippen LogP contribution is -2.23. The maximum absolute atomic E-state index is 6.03. The first-order valence-corrected chi connectivity index (χ1v) is 8.26. The molecule has 0 heterocycles. The van der Waals surface area contributed by atoms with Crippen molar-refractivity contribution in [1.82, 2.24) is 0 Å². The van der Waals surface area contributed by atoms with Gasteiger partial charge in [-0.1, -0.05) is 38.3 Å². The van der Waals surface area contributed by atoms with E-state index in [-0.39, 0.29) is 0 Å². The smallest absolute Gasteiger partial charge is 0.00720 e. The normalized spacial score (nSPS) is 18.8. The van der Waals surface area contributed by atoms with Gasteiger partial charge >= 0.3 is 0 Å². The minimum absolute atomic E-state index is 0.575. The highest BCUT2D eigenvalue weighted by Gasteiger charge is 2.23. The minimum Gasteiger partial charge on any atom is -0.330 e. The Labute approximate surface area is 116 Å². The fourth-order valence-corrected chi connectivity index (χ4v) is 3.78. The molecule has 0 saturated heterocycles. The molecule has 1 aromatic rings. The molecule has 0 radical (unpaired) electrons. The van der Waals surface area contributed by atoms with Gasteiger partial charge in [-0.25, -0.2) is 0 Å². The molecule has 1 aliphatic carbocycles. The van der Waals surface area contributed by atoms with E-state index in [4.69, 9.17) is 5.73 Å². The second kappa shape index (κ2) is 7.20. The van der Waals surface area contributed by atoms with E-state index in [9.17, 15) is 0 Å². The Morgan fingerprint density at radius 3 is 2.39 bits per heavy atom. The molecular weight excluding hydrogens is 238 g/mol. The Balaban J connectivity index is 2.06. The predicted octanol–water partition coefficient (Wildman–Crippen LogP) is 4.42.